The summed E-state index contributed by atoms with van der Waals surface area (Å²) >= 11 is 0. The van der Waals surface area contributed by atoms with Gasteiger partial charge < -0.3 is 20.1 Å². The molecule has 8 heteroatoms. The van der Waals surface area contributed by atoms with Crippen LogP contribution in [0.4, 0.5) is 13.6 Å². The first-order valence-electron chi connectivity index (χ1n) is 7.73. The largest absolute Gasteiger partial charge is 0.488 e. The van der Waals surface area contributed by atoms with Crippen molar-refractivity contribution in [3.8, 4) is 5.75 Å². The number of piperidine rings is 1. The van der Waals surface area contributed by atoms with Crippen LogP contribution in [0.5, 0.6) is 5.75 Å². The van der Waals surface area contributed by atoms with E-state index in [9.17, 15) is 18.4 Å². The fourth-order valence-electron chi connectivity index (χ4n) is 2.51. The van der Waals surface area contributed by atoms with Crippen molar-refractivity contribution >= 4 is 12.0 Å². The molecule has 0 spiro atoms. The van der Waals surface area contributed by atoms with E-state index in [-0.39, 0.29) is 24.9 Å². The highest BCUT2D eigenvalue weighted by molar-refractivity contribution is 5.76. The molecule has 2 unspecified atom stereocenters. The minimum absolute atomic E-state index is 0.00446. The lowest BCUT2D eigenvalue weighted by Crippen LogP contribution is -2.50. The average Bonchev–Trinajstić information content (AvgIpc) is 2.54. The van der Waals surface area contributed by atoms with Crippen LogP contribution in [0.3, 0.4) is 0 Å². The van der Waals surface area contributed by atoms with Gasteiger partial charge in [0.25, 0.3) is 0 Å². The monoisotopic (exact) mass is 342 g/mol. The van der Waals surface area contributed by atoms with Gasteiger partial charge in [-0.3, -0.25) is 4.79 Å². The summed E-state index contributed by atoms with van der Waals surface area (Å²) in [6, 6.07) is 2.19. The molecule has 0 saturated carbocycles. The van der Waals surface area contributed by atoms with Crippen molar-refractivity contribution in [2.75, 3.05) is 19.7 Å². The number of hydrogen-bond acceptors (Lipinski definition) is 3. The quantitative estimate of drug-likeness (QED) is 0.860. The van der Waals surface area contributed by atoms with E-state index >= 15 is 0 Å². The average molecular weight is 342 g/mol. The Balaban J connectivity index is 1.82. The Morgan fingerprint density at radius 1 is 1.46 bits per heavy atom. The van der Waals surface area contributed by atoms with E-state index in [1.165, 1.54) is 11.0 Å². The molecule has 0 bridgehead atoms. The minimum atomic E-state index is -0.907. The third-order valence-electron chi connectivity index (χ3n) is 3.81. The summed E-state index contributed by atoms with van der Waals surface area (Å²) in [6.45, 7) is 2.35. The molecule has 2 rings (SSSR count). The lowest BCUT2D eigenvalue weighted by Gasteiger charge is -2.31. The summed E-state index contributed by atoms with van der Waals surface area (Å²) < 4.78 is 31.5. The normalized spacial score (nSPS) is 18.8. The standard InChI is InChI=1S/C16H20F2N2O4/c1-10(9-24-14-5-4-12(17)7-13(14)18)19-16(23)20-6-2-3-11(8-20)15(21)22/h4-5,7,10-11H,2-3,6,8-9H2,1H3,(H,19,23)(H,21,22). The molecular weight excluding hydrogens is 322 g/mol. The summed E-state index contributed by atoms with van der Waals surface area (Å²) in [7, 11) is 0. The maximum absolute atomic E-state index is 13.5. The Morgan fingerprint density at radius 3 is 2.88 bits per heavy atom. The van der Waals surface area contributed by atoms with Gasteiger partial charge in [-0.05, 0) is 31.9 Å². The number of carbonyl (C=O) groups is 2. The van der Waals surface area contributed by atoms with E-state index < -0.39 is 29.6 Å². The number of benzene rings is 1. The molecule has 1 saturated heterocycles. The number of aliphatic carboxylic acids is 1. The van der Waals surface area contributed by atoms with Gasteiger partial charge in [-0.15, -0.1) is 0 Å². The third-order valence-corrected chi connectivity index (χ3v) is 3.81. The number of ether oxygens (including phenoxy) is 1. The van der Waals surface area contributed by atoms with Crippen LogP contribution in [0.25, 0.3) is 0 Å². The SMILES string of the molecule is CC(COc1ccc(F)cc1F)NC(=O)N1CCCC(C(=O)O)C1. The highest BCUT2D eigenvalue weighted by atomic mass is 19.1. The number of urea groups is 1. The zero-order valence-electron chi connectivity index (χ0n) is 13.3. The van der Waals surface area contributed by atoms with Gasteiger partial charge in [0.05, 0.1) is 12.0 Å². The van der Waals surface area contributed by atoms with Gasteiger partial charge in [0.1, 0.15) is 12.4 Å². The van der Waals surface area contributed by atoms with E-state index in [4.69, 9.17) is 9.84 Å². The highest BCUT2D eigenvalue weighted by Crippen LogP contribution is 2.18. The van der Waals surface area contributed by atoms with Crippen molar-refractivity contribution in [3.63, 3.8) is 0 Å². The highest BCUT2D eigenvalue weighted by Gasteiger charge is 2.28. The summed E-state index contributed by atoms with van der Waals surface area (Å²) in [5.74, 6) is -3.06. The van der Waals surface area contributed by atoms with Gasteiger partial charge in [0.2, 0.25) is 0 Å². The fraction of sp³-hybridized carbons (Fsp3) is 0.500. The number of carbonyl (C=O) groups excluding carboxylic acids is 1. The van der Waals surface area contributed by atoms with Gasteiger partial charge in [-0.2, -0.15) is 0 Å². The van der Waals surface area contributed by atoms with Gasteiger partial charge in [-0.25, -0.2) is 13.6 Å². The van der Waals surface area contributed by atoms with Crippen LogP contribution in [0, 0.1) is 17.6 Å². The Labute approximate surface area is 138 Å². The van der Waals surface area contributed by atoms with Gasteiger partial charge in [0, 0.05) is 19.2 Å². The summed E-state index contributed by atoms with van der Waals surface area (Å²) in [5.41, 5.74) is 0. The van der Waals surface area contributed by atoms with E-state index in [0.717, 1.165) is 12.1 Å². The number of rotatable bonds is 5. The lowest BCUT2D eigenvalue weighted by molar-refractivity contribution is -0.143. The summed E-state index contributed by atoms with van der Waals surface area (Å²) in [5, 5.41) is 11.7. The van der Waals surface area contributed by atoms with Crippen molar-refractivity contribution in [2.24, 2.45) is 5.92 Å². The number of halogens is 2. The van der Waals surface area contributed by atoms with Crippen LogP contribution in [-0.4, -0.2) is 47.7 Å². The van der Waals surface area contributed by atoms with Crippen LogP contribution in [0.2, 0.25) is 0 Å². The maximum atomic E-state index is 13.5. The number of likely N-dealkylation sites (tertiary alicyclic amines) is 1. The van der Waals surface area contributed by atoms with Crippen molar-refractivity contribution in [1.29, 1.82) is 0 Å². The fourth-order valence-corrected chi connectivity index (χ4v) is 2.51. The second-order valence-corrected chi connectivity index (χ2v) is 5.86. The molecule has 2 N–H and O–H groups in total. The van der Waals surface area contributed by atoms with E-state index in [1.807, 2.05) is 0 Å². The Kier molecular flexibility index (Phi) is 5.94. The van der Waals surface area contributed by atoms with Crippen LogP contribution in [-0.2, 0) is 4.79 Å². The Morgan fingerprint density at radius 2 is 2.21 bits per heavy atom. The smallest absolute Gasteiger partial charge is 0.317 e. The lowest BCUT2D eigenvalue weighted by atomic mass is 9.99. The number of nitrogens with zero attached hydrogens (tertiary/aromatic N) is 1. The van der Waals surface area contributed by atoms with Crippen LogP contribution in [0.15, 0.2) is 18.2 Å². The minimum Gasteiger partial charge on any atom is -0.488 e. The molecule has 24 heavy (non-hydrogen) atoms. The molecular formula is C16H20F2N2O4. The maximum Gasteiger partial charge on any atom is 0.317 e. The second kappa shape index (κ2) is 7.94. The van der Waals surface area contributed by atoms with Crippen LogP contribution in [0.1, 0.15) is 19.8 Å². The topological polar surface area (TPSA) is 78.9 Å². The number of hydrogen-bond donors (Lipinski definition) is 2. The molecule has 2 atom stereocenters. The number of amides is 2. The molecule has 0 aliphatic carbocycles. The number of carboxylic acid groups (broad SMARTS) is 1. The predicted octanol–water partition coefficient (Wildman–Crippen LogP) is 2.24. The zero-order valence-corrected chi connectivity index (χ0v) is 13.3. The van der Waals surface area contributed by atoms with Crippen molar-refractivity contribution in [3.05, 3.63) is 29.8 Å². The Bertz CT molecular complexity index is 612. The van der Waals surface area contributed by atoms with Crippen molar-refractivity contribution in [2.45, 2.75) is 25.8 Å². The number of nitrogens with one attached hydrogen (secondary N) is 1. The molecule has 2 amide bonds. The van der Waals surface area contributed by atoms with Crippen LogP contribution >= 0.6 is 0 Å². The van der Waals surface area contributed by atoms with Crippen molar-refractivity contribution in [1.82, 2.24) is 10.2 Å². The molecule has 132 valence electrons. The molecule has 1 aliphatic rings. The molecule has 0 aromatic heterocycles. The van der Waals surface area contributed by atoms with Crippen LogP contribution < -0.4 is 10.1 Å². The first-order valence-corrected chi connectivity index (χ1v) is 7.73. The second-order valence-electron chi connectivity index (χ2n) is 5.86. The molecule has 1 aromatic carbocycles. The molecule has 6 nitrogen and oxygen atoms in total. The molecule has 1 aliphatic heterocycles. The summed E-state index contributed by atoms with van der Waals surface area (Å²) in [4.78, 5) is 24.6. The Hall–Kier alpha value is -2.38. The van der Waals surface area contributed by atoms with Crippen molar-refractivity contribution < 1.29 is 28.2 Å². The number of carboxylic acids is 1. The van der Waals surface area contributed by atoms with Gasteiger partial charge in [-0.1, -0.05) is 0 Å². The zero-order chi connectivity index (χ0) is 17.7. The van der Waals surface area contributed by atoms with E-state index in [2.05, 4.69) is 5.32 Å². The first kappa shape index (κ1) is 18.0. The van der Waals surface area contributed by atoms with E-state index in [0.29, 0.717) is 19.4 Å². The summed E-state index contributed by atoms with van der Waals surface area (Å²) in [6.07, 6.45) is 1.19. The van der Waals surface area contributed by atoms with Gasteiger partial charge >= 0.3 is 12.0 Å². The molecule has 1 heterocycles. The van der Waals surface area contributed by atoms with E-state index in [1.54, 1.807) is 6.92 Å². The molecule has 1 aromatic rings. The third kappa shape index (κ3) is 4.81. The van der Waals surface area contributed by atoms with Gasteiger partial charge in [0.15, 0.2) is 11.6 Å². The molecule has 1 fully saturated rings. The molecule has 0 radical (unpaired) electrons. The predicted molar refractivity (Wildman–Crippen MR) is 81.8 cm³/mol. The first-order chi connectivity index (χ1) is 11.4.